The van der Waals surface area contributed by atoms with E-state index in [2.05, 4.69) is 56.9 Å². The van der Waals surface area contributed by atoms with Gasteiger partial charge in [-0.05, 0) is 56.1 Å². The largest absolute Gasteiger partial charge is 0.412 e. The molecule has 0 radical (unpaired) electrons. The van der Waals surface area contributed by atoms with Crippen molar-refractivity contribution in [1.29, 1.82) is 5.26 Å². The summed E-state index contributed by atoms with van der Waals surface area (Å²) >= 11 is 6.16. The summed E-state index contributed by atoms with van der Waals surface area (Å²) in [6, 6.07) is 5.16. The Labute approximate surface area is 163 Å². The maximum absolute atomic E-state index is 10.1. The molecule has 4 nitrogen and oxygen atoms in total. The quantitative estimate of drug-likeness (QED) is 0.697. The van der Waals surface area contributed by atoms with Gasteiger partial charge >= 0.3 is 0 Å². The standard InChI is InChI=1S/C20H30ClN3OSi/c1-19(2,3)26(5,6)25-18-8-16-9-20(13-22,10-17(18)24(16)4)14-7-15(21)12-23-11-14/h7,11-12,16-18H,8-10H2,1-6H3. The van der Waals surface area contributed by atoms with Crippen LogP contribution in [-0.2, 0) is 9.84 Å². The lowest BCUT2D eigenvalue weighted by Gasteiger charge is -2.44. The normalized spacial score (nSPS) is 32.5. The first-order valence-corrected chi connectivity index (χ1v) is 12.7. The third-order valence-corrected chi connectivity index (χ3v) is 11.6. The number of pyridine rings is 1. The van der Waals surface area contributed by atoms with Crippen molar-refractivity contribution >= 4 is 19.9 Å². The molecule has 3 heterocycles. The molecule has 0 spiro atoms. The topological polar surface area (TPSA) is 49.1 Å². The van der Waals surface area contributed by atoms with E-state index in [0.717, 1.165) is 24.8 Å². The van der Waals surface area contributed by atoms with Gasteiger partial charge in [-0.2, -0.15) is 5.26 Å². The number of nitrogens with zero attached hydrogens (tertiary/aromatic N) is 3. The molecule has 3 rings (SSSR count). The van der Waals surface area contributed by atoms with Crippen LogP contribution in [0, 0.1) is 11.3 Å². The van der Waals surface area contributed by atoms with Crippen LogP contribution >= 0.6 is 11.6 Å². The summed E-state index contributed by atoms with van der Waals surface area (Å²) in [7, 11) is 0.335. The van der Waals surface area contributed by atoms with Gasteiger partial charge in [0.05, 0.1) is 22.6 Å². The number of fused-ring (bicyclic) bond motifs is 2. The van der Waals surface area contributed by atoms with Crippen molar-refractivity contribution in [2.45, 2.75) is 81.8 Å². The van der Waals surface area contributed by atoms with Gasteiger partial charge in [-0.3, -0.25) is 9.88 Å². The lowest BCUT2D eigenvalue weighted by atomic mass is 9.71. The zero-order valence-electron chi connectivity index (χ0n) is 16.7. The van der Waals surface area contributed by atoms with Gasteiger partial charge in [-0.25, -0.2) is 0 Å². The van der Waals surface area contributed by atoms with Crippen molar-refractivity contribution in [3.8, 4) is 6.07 Å². The third-order valence-electron chi connectivity index (χ3n) is 6.90. The fourth-order valence-electron chi connectivity index (χ4n) is 4.22. The van der Waals surface area contributed by atoms with Crippen molar-refractivity contribution in [3.05, 3.63) is 29.0 Å². The summed E-state index contributed by atoms with van der Waals surface area (Å²) in [5.41, 5.74) is 0.425. The molecule has 26 heavy (non-hydrogen) atoms. The molecule has 2 saturated heterocycles. The summed E-state index contributed by atoms with van der Waals surface area (Å²) in [5.74, 6) is 0. The second-order valence-electron chi connectivity index (χ2n) is 9.53. The lowest BCUT2D eigenvalue weighted by Crippen LogP contribution is -2.51. The van der Waals surface area contributed by atoms with E-state index in [9.17, 15) is 5.26 Å². The molecule has 0 amide bonds. The van der Waals surface area contributed by atoms with Crippen LogP contribution in [-0.4, -0.2) is 43.4 Å². The maximum atomic E-state index is 10.1. The molecule has 142 valence electrons. The number of aromatic nitrogens is 1. The molecule has 0 saturated carbocycles. The van der Waals surface area contributed by atoms with Crippen LogP contribution in [0.4, 0.5) is 0 Å². The smallest absolute Gasteiger partial charge is 0.192 e. The van der Waals surface area contributed by atoms with Crippen molar-refractivity contribution in [2.75, 3.05) is 7.05 Å². The van der Waals surface area contributed by atoms with Crippen molar-refractivity contribution in [2.24, 2.45) is 0 Å². The fourth-order valence-corrected chi connectivity index (χ4v) is 5.75. The molecule has 1 aromatic rings. The van der Waals surface area contributed by atoms with Crippen LogP contribution in [0.15, 0.2) is 18.5 Å². The van der Waals surface area contributed by atoms with Gasteiger partial charge in [0.1, 0.15) is 0 Å². The van der Waals surface area contributed by atoms with E-state index >= 15 is 0 Å². The molecule has 0 aliphatic carbocycles. The Morgan fingerprint density at radius 3 is 2.62 bits per heavy atom. The number of halogens is 1. The highest BCUT2D eigenvalue weighted by Gasteiger charge is 2.54. The monoisotopic (exact) mass is 391 g/mol. The number of nitriles is 1. The van der Waals surface area contributed by atoms with Crippen LogP contribution in [0.25, 0.3) is 0 Å². The zero-order valence-corrected chi connectivity index (χ0v) is 18.5. The highest BCUT2D eigenvalue weighted by molar-refractivity contribution is 6.74. The second-order valence-corrected chi connectivity index (χ2v) is 14.7. The van der Waals surface area contributed by atoms with E-state index in [-0.39, 0.29) is 17.2 Å². The molecule has 4 unspecified atom stereocenters. The minimum absolute atomic E-state index is 0.186. The molecule has 0 aromatic carbocycles. The molecule has 2 bridgehead atoms. The maximum Gasteiger partial charge on any atom is 0.192 e. The van der Waals surface area contributed by atoms with Crippen LogP contribution in [0.5, 0.6) is 0 Å². The third kappa shape index (κ3) is 3.33. The Kier molecular flexibility index (Phi) is 5.03. The van der Waals surface area contributed by atoms with Crippen LogP contribution < -0.4 is 0 Å². The van der Waals surface area contributed by atoms with Crippen molar-refractivity contribution < 1.29 is 4.43 Å². The molecular weight excluding hydrogens is 362 g/mol. The lowest BCUT2D eigenvalue weighted by molar-refractivity contribution is 0.0857. The first-order valence-electron chi connectivity index (χ1n) is 9.41. The van der Waals surface area contributed by atoms with E-state index < -0.39 is 13.7 Å². The van der Waals surface area contributed by atoms with E-state index in [0.29, 0.717) is 11.1 Å². The van der Waals surface area contributed by atoms with E-state index in [1.165, 1.54) is 0 Å². The minimum atomic E-state index is -1.85. The molecule has 6 heteroatoms. The van der Waals surface area contributed by atoms with Gasteiger partial charge in [0.15, 0.2) is 8.32 Å². The van der Waals surface area contributed by atoms with Crippen LogP contribution in [0.1, 0.15) is 45.6 Å². The highest BCUT2D eigenvalue weighted by Crippen LogP contribution is 2.49. The molecule has 1 aromatic heterocycles. The molecular formula is C20H30ClN3OSi. The predicted molar refractivity (Wildman–Crippen MR) is 108 cm³/mol. The molecule has 2 aliphatic heterocycles. The Morgan fingerprint density at radius 2 is 2.04 bits per heavy atom. The average Bonchev–Trinajstić information content (AvgIpc) is 2.72. The van der Waals surface area contributed by atoms with Crippen molar-refractivity contribution in [3.63, 3.8) is 0 Å². The summed E-state index contributed by atoms with van der Waals surface area (Å²) in [4.78, 5) is 6.67. The SMILES string of the molecule is CN1C2CC(O[Si](C)(C)C(C)(C)C)C1CC(C#N)(c1cncc(Cl)c1)C2. The highest BCUT2D eigenvalue weighted by atomic mass is 35.5. The van der Waals surface area contributed by atoms with Gasteiger partial charge < -0.3 is 4.43 Å². The Hall–Kier alpha value is -0.933. The van der Waals surface area contributed by atoms with Gasteiger partial charge in [0.25, 0.3) is 0 Å². The number of hydrogen-bond acceptors (Lipinski definition) is 4. The first-order chi connectivity index (χ1) is 12.0. The Morgan fingerprint density at radius 1 is 1.35 bits per heavy atom. The summed E-state index contributed by atoms with van der Waals surface area (Å²) in [6.07, 6.45) is 6.24. The van der Waals surface area contributed by atoms with Gasteiger partial charge in [-0.1, -0.05) is 32.4 Å². The van der Waals surface area contributed by atoms with Crippen molar-refractivity contribution in [1.82, 2.24) is 9.88 Å². The molecule has 2 fully saturated rings. The minimum Gasteiger partial charge on any atom is -0.412 e. The number of hydrogen-bond donors (Lipinski definition) is 0. The molecule has 2 aliphatic rings. The fraction of sp³-hybridized carbons (Fsp3) is 0.700. The van der Waals surface area contributed by atoms with E-state index in [4.69, 9.17) is 16.0 Å². The number of rotatable bonds is 3. The first kappa shape index (κ1) is 19.8. The van der Waals surface area contributed by atoms with Gasteiger partial charge in [0.2, 0.25) is 0 Å². The second kappa shape index (κ2) is 6.59. The summed E-state index contributed by atoms with van der Waals surface area (Å²) < 4.78 is 6.79. The van der Waals surface area contributed by atoms with Gasteiger partial charge in [0, 0.05) is 24.5 Å². The Bertz CT molecular complexity index is 727. The van der Waals surface area contributed by atoms with Crippen LogP contribution in [0.3, 0.4) is 0 Å². The number of piperidine rings is 1. The molecule has 4 atom stereocenters. The summed E-state index contributed by atoms with van der Waals surface area (Å²) in [6.45, 7) is 11.5. The molecule has 0 N–H and O–H groups in total. The van der Waals surface area contributed by atoms with Gasteiger partial charge in [-0.15, -0.1) is 0 Å². The predicted octanol–water partition coefficient (Wildman–Crippen LogP) is 4.75. The Balaban J connectivity index is 1.89. The summed E-state index contributed by atoms with van der Waals surface area (Å²) in [5, 5.41) is 10.9. The average molecular weight is 392 g/mol. The van der Waals surface area contributed by atoms with E-state index in [1.54, 1.807) is 6.20 Å². The number of likely N-dealkylation sites (N-methyl/N-ethyl adjacent to an activating group) is 1. The zero-order chi connectivity index (χ0) is 19.3. The van der Waals surface area contributed by atoms with Crippen LogP contribution in [0.2, 0.25) is 23.2 Å². The van der Waals surface area contributed by atoms with E-state index in [1.807, 2.05) is 12.3 Å².